The third-order valence-electron chi connectivity index (χ3n) is 2.07. The predicted octanol–water partition coefficient (Wildman–Crippen LogP) is -0.681. The van der Waals surface area contributed by atoms with Crippen LogP contribution in [-0.2, 0) is 14.3 Å². The minimum Gasteiger partial charge on any atom is -0.480 e. The normalized spacial score (nSPS) is 13.5. The Morgan fingerprint density at radius 1 is 1.16 bits per heavy atom. The number of carboxylic acids is 1. The van der Waals surface area contributed by atoms with Gasteiger partial charge in [-0.15, -0.1) is 0 Å². The summed E-state index contributed by atoms with van der Waals surface area (Å²) in [5.74, 6) is -1.87. The Kier molecular flexibility index (Phi) is 7.50. The molecule has 0 radical (unpaired) electrons. The van der Waals surface area contributed by atoms with Gasteiger partial charge in [0.2, 0.25) is 5.91 Å². The lowest BCUT2D eigenvalue weighted by Crippen LogP contribution is -2.52. The highest BCUT2D eigenvalue weighted by molar-refractivity contribution is 5.89. The van der Waals surface area contributed by atoms with Gasteiger partial charge in [-0.1, -0.05) is 13.8 Å². The fourth-order valence-corrected chi connectivity index (χ4v) is 0.996. The molecule has 0 aliphatic rings. The number of aliphatic hydroxyl groups is 1. The van der Waals surface area contributed by atoms with Gasteiger partial charge in [0, 0.05) is 0 Å². The van der Waals surface area contributed by atoms with Gasteiger partial charge in [-0.05, 0) is 12.8 Å². The van der Waals surface area contributed by atoms with Gasteiger partial charge in [0.15, 0.2) is 0 Å². The fraction of sp³-hybridized carbons (Fsp3) is 0.727. The summed E-state index contributed by atoms with van der Waals surface area (Å²) in [5.41, 5.74) is 0. The maximum Gasteiger partial charge on any atom is 0.407 e. The molecule has 4 N–H and O–H groups in total. The number of hydrogen-bond donors (Lipinski definition) is 4. The van der Waals surface area contributed by atoms with Crippen LogP contribution in [0.15, 0.2) is 0 Å². The molecule has 1 unspecified atom stereocenters. The van der Waals surface area contributed by atoms with E-state index >= 15 is 0 Å². The molecule has 2 atom stereocenters. The van der Waals surface area contributed by atoms with Crippen molar-refractivity contribution in [3.05, 3.63) is 0 Å². The van der Waals surface area contributed by atoms with Gasteiger partial charge in [-0.3, -0.25) is 9.59 Å². The van der Waals surface area contributed by atoms with Crippen molar-refractivity contribution in [3.63, 3.8) is 0 Å². The number of rotatable bonds is 7. The molecule has 0 aromatic heterocycles. The first-order valence-corrected chi connectivity index (χ1v) is 5.85. The number of nitrogens with one attached hydrogen (secondary N) is 2. The minimum absolute atomic E-state index is 0.138. The third kappa shape index (κ3) is 7.24. The molecule has 19 heavy (non-hydrogen) atoms. The minimum atomic E-state index is -1.25. The van der Waals surface area contributed by atoms with Gasteiger partial charge in [-0.2, -0.15) is 0 Å². The summed E-state index contributed by atoms with van der Waals surface area (Å²) in [6.07, 6.45) is -0.842. The van der Waals surface area contributed by atoms with Gasteiger partial charge in [0.05, 0.1) is 13.2 Å². The number of amides is 2. The first-order chi connectivity index (χ1) is 8.77. The van der Waals surface area contributed by atoms with Crippen molar-refractivity contribution in [1.82, 2.24) is 10.6 Å². The second kappa shape index (κ2) is 8.30. The van der Waals surface area contributed by atoms with E-state index in [9.17, 15) is 14.4 Å². The molecular formula is C11H20N2O6. The van der Waals surface area contributed by atoms with Crippen molar-refractivity contribution in [2.24, 2.45) is 5.92 Å². The van der Waals surface area contributed by atoms with Crippen LogP contribution >= 0.6 is 0 Å². The van der Waals surface area contributed by atoms with Crippen LogP contribution in [-0.4, -0.2) is 53.5 Å². The highest BCUT2D eigenvalue weighted by Crippen LogP contribution is 1.94. The summed E-state index contributed by atoms with van der Waals surface area (Å²) in [4.78, 5) is 33.4. The molecular weight excluding hydrogens is 256 g/mol. The largest absolute Gasteiger partial charge is 0.480 e. The standard InChI is InChI=1S/C11H20N2O6/c1-6(2)5-19-11(18)13-8(4-14)9(15)12-7(3)10(16)17/h6-8,14H,4-5H2,1-3H3,(H,12,15)(H,13,18)(H,16,17)/t7-,8?/m0/s1. The number of hydrogen-bond acceptors (Lipinski definition) is 5. The second-order valence-electron chi connectivity index (χ2n) is 4.44. The lowest BCUT2D eigenvalue weighted by molar-refractivity contribution is -0.141. The van der Waals surface area contributed by atoms with Crippen molar-refractivity contribution < 1.29 is 29.3 Å². The molecule has 0 saturated carbocycles. The number of alkyl carbamates (subject to hydrolysis) is 1. The lowest BCUT2D eigenvalue weighted by atomic mass is 10.2. The van der Waals surface area contributed by atoms with Crippen molar-refractivity contribution in [3.8, 4) is 0 Å². The van der Waals surface area contributed by atoms with Crippen molar-refractivity contribution in [2.75, 3.05) is 13.2 Å². The highest BCUT2D eigenvalue weighted by atomic mass is 16.5. The Morgan fingerprint density at radius 2 is 1.74 bits per heavy atom. The molecule has 0 aliphatic carbocycles. The summed E-state index contributed by atoms with van der Waals surface area (Å²) in [7, 11) is 0. The smallest absolute Gasteiger partial charge is 0.407 e. The molecule has 2 amide bonds. The SMILES string of the molecule is CC(C)COC(=O)NC(CO)C(=O)N[C@@H](C)C(=O)O. The van der Waals surface area contributed by atoms with Crippen LogP contribution < -0.4 is 10.6 Å². The van der Waals surface area contributed by atoms with E-state index in [0.717, 1.165) is 0 Å². The van der Waals surface area contributed by atoms with Crippen LogP contribution in [0.1, 0.15) is 20.8 Å². The predicted molar refractivity (Wildman–Crippen MR) is 65.4 cm³/mol. The molecule has 0 aliphatic heterocycles. The zero-order valence-corrected chi connectivity index (χ0v) is 11.2. The molecule has 0 spiro atoms. The zero-order valence-electron chi connectivity index (χ0n) is 11.2. The van der Waals surface area contributed by atoms with E-state index in [-0.39, 0.29) is 12.5 Å². The van der Waals surface area contributed by atoms with E-state index in [1.54, 1.807) is 0 Å². The molecule has 8 heteroatoms. The summed E-state index contributed by atoms with van der Waals surface area (Å²) in [6.45, 7) is 4.48. The summed E-state index contributed by atoms with van der Waals surface area (Å²) < 4.78 is 4.78. The Hall–Kier alpha value is -1.83. The van der Waals surface area contributed by atoms with Crippen LogP contribution in [0.5, 0.6) is 0 Å². The highest BCUT2D eigenvalue weighted by Gasteiger charge is 2.24. The second-order valence-corrected chi connectivity index (χ2v) is 4.44. The van der Waals surface area contributed by atoms with E-state index in [4.69, 9.17) is 14.9 Å². The number of aliphatic hydroxyl groups excluding tert-OH is 1. The Labute approximate surface area is 111 Å². The molecule has 0 aromatic carbocycles. The maximum absolute atomic E-state index is 11.6. The summed E-state index contributed by atoms with van der Waals surface area (Å²) in [6, 6.07) is -2.36. The molecule has 110 valence electrons. The maximum atomic E-state index is 11.6. The summed E-state index contributed by atoms with van der Waals surface area (Å²) >= 11 is 0. The molecule has 0 rings (SSSR count). The number of carboxylic acid groups (broad SMARTS) is 1. The van der Waals surface area contributed by atoms with E-state index in [2.05, 4.69) is 10.6 Å². The Balaban J connectivity index is 4.29. The van der Waals surface area contributed by atoms with Crippen LogP contribution in [0.25, 0.3) is 0 Å². The van der Waals surface area contributed by atoms with Crippen LogP contribution in [0.4, 0.5) is 4.79 Å². The quantitative estimate of drug-likeness (QED) is 0.488. The summed E-state index contributed by atoms with van der Waals surface area (Å²) in [5, 5.41) is 21.9. The number of ether oxygens (including phenoxy) is 1. The van der Waals surface area contributed by atoms with Crippen molar-refractivity contribution in [2.45, 2.75) is 32.9 Å². The lowest BCUT2D eigenvalue weighted by Gasteiger charge is -2.18. The Bertz CT molecular complexity index is 331. The average Bonchev–Trinajstić information content (AvgIpc) is 2.32. The molecule has 0 bridgehead atoms. The van der Waals surface area contributed by atoms with Crippen LogP contribution in [0.3, 0.4) is 0 Å². The van der Waals surface area contributed by atoms with Gasteiger partial charge in [-0.25, -0.2) is 4.79 Å². The third-order valence-corrected chi connectivity index (χ3v) is 2.07. The first kappa shape index (κ1) is 17.2. The molecule has 0 fully saturated rings. The van der Waals surface area contributed by atoms with Crippen LogP contribution in [0.2, 0.25) is 0 Å². The van der Waals surface area contributed by atoms with E-state index < -0.39 is 36.7 Å². The van der Waals surface area contributed by atoms with Crippen LogP contribution in [0, 0.1) is 5.92 Å². The van der Waals surface area contributed by atoms with E-state index in [1.807, 2.05) is 13.8 Å². The monoisotopic (exact) mass is 276 g/mol. The number of carbonyl (C=O) groups excluding carboxylic acids is 2. The molecule has 0 heterocycles. The number of carbonyl (C=O) groups is 3. The topological polar surface area (TPSA) is 125 Å². The number of aliphatic carboxylic acids is 1. The molecule has 0 saturated heterocycles. The molecule has 8 nitrogen and oxygen atoms in total. The van der Waals surface area contributed by atoms with E-state index in [1.165, 1.54) is 6.92 Å². The first-order valence-electron chi connectivity index (χ1n) is 5.85. The van der Waals surface area contributed by atoms with E-state index in [0.29, 0.717) is 0 Å². The zero-order chi connectivity index (χ0) is 15.0. The fourth-order valence-electron chi connectivity index (χ4n) is 0.996. The van der Waals surface area contributed by atoms with Gasteiger partial charge in [0.25, 0.3) is 0 Å². The average molecular weight is 276 g/mol. The van der Waals surface area contributed by atoms with Crippen molar-refractivity contribution >= 4 is 18.0 Å². The van der Waals surface area contributed by atoms with Crippen molar-refractivity contribution in [1.29, 1.82) is 0 Å². The Morgan fingerprint density at radius 3 is 2.16 bits per heavy atom. The van der Waals surface area contributed by atoms with Gasteiger partial charge >= 0.3 is 12.1 Å². The van der Waals surface area contributed by atoms with Gasteiger partial charge < -0.3 is 25.6 Å². The van der Waals surface area contributed by atoms with Gasteiger partial charge in [0.1, 0.15) is 12.1 Å². The molecule has 0 aromatic rings.